The SMILES string of the molecule is CN(Cc1ccccn1)S(=O)(=O)c1ccc(Cl)c(CCl)c1. The van der Waals surface area contributed by atoms with E-state index in [0.29, 0.717) is 16.3 Å². The molecular weight excluding hydrogens is 331 g/mol. The molecule has 0 saturated carbocycles. The topological polar surface area (TPSA) is 50.3 Å². The lowest BCUT2D eigenvalue weighted by Gasteiger charge is -2.17. The third-order valence-electron chi connectivity index (χ3n) is 2.98. The van der Waals surface area contributed by atoms with Gasteiger partial charge in [-0.15, -0.1) is 11.6 Å². The molecule has 0 aliphatic heterocycles. The molecule has 2 rings (SSSR count). The van der Waals surface area contributed by atoms with Crippen molar-refractivity contribution >= 4 is 33.2 Å². The molecule has 0 unspecified atom stereocenters. The fourth-order valence-electron chi connectivity index (χ4n) is 1.80. The highest BCUT2D eigenvalue weighted by Gasteiger charge is 2.22. The van der Waals surface area contributed by atoms with E-state index in [4.69, 9.17) is 23.2 Å². The van der Waals surface area contributed by atoms with Gasteiger partial charge in [-0.3, -0.25) is 4.98 Å². The molecule has 0 amide bonds. The van der Waals surface area contributed by atoms with Crippen LogP contribution in [0, 0.1) is 0 Å². The predicted octanol–water partition coefficient (Wildman–Crippen LogP) is 3.29. The van der Waals surface area contributed by atoms with Crippen LogP contribution >= 0.6 is 23.2 Å². The third-order valence-corrected chi connectivity index (χ3v) is 5.44. The lowest BCUT2D eigenvalue weighted by atomic mass is 10.2. The molecule has 0 saturated heterocycles. The maximum atomic E-state index is 12.5. The average molecular weight is 345 g/mol. The van der Waals surface area contributed by atoms with E-state index in [1.807, 2.05) is 6.07 Å². The molecule has 1 aromatic carbocycles. The highest BCUT2D eigenvalue weighted by molar-refractivity contribution is 7.89. The van der Waals surface area contributed by atoms with Crippen molar-refractivity contribution in [2.45, 2.75) is 17.3 Å². The van der Waals surface area contributed by atoms with E-state index in [1.165, 1.54) is 23.5 Å². The van der Waals surface area contributed by atoms with Crippen molar-refractivity contribution < 1.29 is 8.42 Å². The van der Waals surface area contributed by atoms with Gasteiger partial charge in [0.1, 0.15) is 0 Å². The van der Waals surface area contributed by atoms with Crippen LogP contribution < -0.4 is 0 Å². The van der Waals surface area contributed by atoms with Crippen molar-refractivity contribution in [3.8, 4) is 0 Å². The van der Waals surface area contributed by atoms with Crippen LogP contribution in [0.4, 0.5) is 0 Å². The first kappa shape index (κ1) is 16.2. The lowest BCUT2D eigenvalue weighted by molar-refractivity contribution is 0.462. The summed E-state index contributed by atoms with van der Waals surface area (Å²) in [5.74, 6) is 0.159. The summed E-state index contributed by atoms with van der Waals surface area (Å²) in [7, 11) is -2.10. The van der Waals surface area contributed by atoms with Gasteiger partial charge in [0.25, 0.3) is 0 Å². The van der Waals surface area contributed by atoms with Gasteiger partial charge in [0.15, 0.2) is 0 Å². The second kappa shape index (κ2) is 6.75. The van der Waals surface area contributed by atoms with Crippen LogP contribution in [0.1, 0.15) is 11.3 Å². The second-order valence-electron chi connectivity index (χ2n) is 4.47. The molecular formula is C14H14Cl2N2O2S. The summed E-state index contributed by atoms with van der Waals surface area (Å²) in [6, 6.07) is 9.89. The Labute approximate surface area is 134 Å². The van der Waals surface area contributed by atoms with E-state index in [1.54, 1.807) is 24.4 Å². The van der Waals surface area contributed by atoms with Crippen LogP contribution in [0.3, 0.4) is 0 Å². The van der Waals surface area contributed by atoms with Crippen LogP contribution in [-0.2, 0) is 22.4 Å². The zero-order valence-electron chi connectivity index (χ0n) is 11.3. The molecule has 0 radical (unpaired) electrons. The Morgan fingerprint density at radius 1 is 1.24 bits per heavy atom. The molecule has 2 aromatic rings. The van der Waals surface area contributed by atoms with Crippen molar-refractivity contribution in [2.24, 2.45) is 0 Å². The first-order valence-electron chi connectivity index (χ1n) is 6.16. The molecule has 0 aliphatic carbocycles. The normalized spacial score (nSPS) is 11.8. The van der Waals surface area contributed by atoms with Crippen LogP contribution in [0.25, 0.3) is 0 Å². The van der Waals surface area contributed by atoms with Crippen LogP contribution in [-0.4, -0.2) is 24.8 Å². The molecule has 21 heavy (non-hydrogen) atoms. The number of aromatic nitrogens is 1. The van der Waals surface area contributed by atoms with Crippen molar-refractivity contribution in [3.05, 3.63) is 58.9 Å². The van der Waals surface area contributed by atoms with Crippen molar-refractivity contribution in [1.29, 1.82) is 0 Å². The summed E-state index contributed by atoms with van der Waals surface area (Å²) in [6.45, 7) is 0.196. The number of alkyl halides is 1. The van der Waals surface area contributed by atoms with Crippen LogP contribution in [0.2, 0.25) is 5.02 Å². The fourth-order valence-corrected chi connectivity index (χ4v) is 3.47. The summed E-state index contributed by atoms with van der Waals surface area (Å²) in [5.41, 5.74) is 1.26. The molecule has 0 fully saturated rings. The average Bonchev–Trinajstić information content (AvgIpc) is 2.48. The van der Waals surface area contributed by atoms with E-state index >= 15 is 0 Å². The zero-order valence-corrected chi connectivity index (χ0v) is 13.7. The van der Waals surface area contributed by atoms with Crippen molar-refractivity contribution in [1.82, 2.24) is 9.29 Å². The van der Waals surface area contributed by atoms with Gasteiger partial charge in [-0.25, -0.2) is 8.42 Å². The highest BCUT2D eigenvalue weighted by Crippen LogP contribution is 2.24. The van der Waals surface area contributed by atoms with E-state index < -0.39 is 10.0 Å². The monoisotopic (exact) mass is 344 g/mol. The number of hydrogen-bond donors (Lipinski definition) is 0. The minimum absolute atomic E-state index is 0.159. The molecule has 0 aliphatic rings. The molecule has 112 valence electrons. The molecule has 0 N–H and O–H groups in total. The Balaban J connectivity index is 2.29. The molecule has 0 bridgehead atoms. The standard InChI is InChI=1S/C14H14Cl2N2O2S/c1-18(10-12-4-2-3-7-17-12)21(19,20)13-5-6-14(16)11(8-13)9-15/h2-8H,9-10H2,1H3. The summed E-state index contributed by atoms with van der Waals surface area (Å²) in [6.07, 6.45) is 1.63. The molecule has 1 aromatic heterocycles. The van der Waals surface area contributed by atoms with Crippen molar-refractivity contribution in [3.63, 3.8) is 0 Å². The Kier molecular flexibility index (Phi) is 5.22. The summed E-state index contributed by atoms with van der Waals surface area (Å²) in [5, 5.41) is 0.455. The first-order chi connectivity index (χ1) is 9.95. The quantitative estimate of drug-likeness (QED) is 0.782. The Morgan fingerprint density at radius 3 is 2.62 bits per heavy atom. The van der Waals surface area contributed by atoms with Gasteiger partial charge in [0, 0.05) is 24.1 Å². The number of nitrogens with zero attached hydrogens (tertiary/aromatic N) is 2. The van der Waals surface area contributed by atoms with E-state index in [9.17, 15) is 8.42 Å². The molecule has 7 heteroatoms. The first-order valence-corrected chi connectivity index (χ1v) is 8.51. The third kappa shape index (κ3) is 3.74. The number of halogens is 2. The molecule has 0 spiro atoms. The number of hydrogen-bond acceptors (Lipinski definition) is 3. The maximum Gasteiger partial charge on any atom is 0.243 e. The fraction of sp³-hybridized carbons (Fsp3) is 0.214. The molecule has 1 heterocycles. The number of sulfonamides is 1. The molecule has 4 nitrogen and oxygen atoms in total. The van der Waals surface area contributed by atoms with Gasteiger partial charge in [-0.1, -0.05) is 17.7 Å². The van der Waals surface area contributed by atoms with E-state index in [-0.39, 0.29) is 17.3 Å². The predicted molar refractivity (Wildman–Crippen MR) is 83.9 cm³/mol. The van der Waals surface area contributed by atoms with E-state index in [0.717, 1.165) is 0 Å². The van der Waals surface area contributed by atoms with Gasteiger partial charge in [-0.05, 0) is 35.9 Å². The van der Waals surface area contributed by atoms with Gasteiger partial charge in [0.05, 0.1) is 17.1 Å². The smallest absolute Gasteiger partial charge is 0.243 e. The second-order valence-corrected chi connectivity index (χ2v) is 7.19. The van der Waals surface area contributed by atoms with Gasteiger partial charge >= 0.3 is 0 Å². The minimum atomic E-state index is -3.61. The maximum absolute atomic E-state index is 12.5. The highest BCUT2D eigenvalue weighted by atomic mass is 35.5. The van der Waals surface area contributed by atoms with Crippen molar-refractivity contribution in [2.75, 3.05) is 7.05 Å². The summed E-state index contributed by atoms with van der Waals surface area (Å²) in [4.78, 5) is 4.29. The molecule has 0 atom stereocenters. The number of benzene rings is 1. The van der Waals surface area contributed by atoms with Gasteiger partial charge < -0.3 is 0 Å². The Bertz CT molecular complexity index is 721. The lowest BCUT2D eigenvalue weighted by Crippen LogP contribution is -2.27. The summed E-state index contributed by atoms with van der Waals surface area (Å²) < 4.78 is 26.3. The minimum Gasteiger partial charge on any atom is -0.260 e. The van der Waals surface area contributed by atoms with Gasteiger partial charge in [-0.2, -0.15) is 4.31 Å². The Morgan fingerprint density at radius 2 is 2.00 bits per heavy atom. The van der Waals surface area contributed by atoms with Crippen LogP contribution in [0.5, 0.6) is 0 Å². The summed E-state index contributed by atoms with van der Waals surface area (Å²) >= 11 is 11.7. The Hall–Kier alpha value is -1.14. The van der Waals surface area contributed by atoms with Gasteiger partial charge in [0.2, 0.25) is 10.0 Å². The number of pyridine rings is 1. The van der Waals surface area contributed by atoms with Crippen LogP contribution in [0.15, 0.2) is 47.5 Å². The number of rotatable bonds is 5. The zero-order chi connectivity index (χ0) is 15.5. The largest absolute Gasteiger partial charge is 0.260 e. The van der Waals surface area contributed by atoms with E-state index in [2.05, 4.69) is 4.98 Å².